The van der Waals surface area contributed by atoms with Crippen LogP contribution in [0.2, 0.25) is 0 Å². The van der Waals surface area contributed by atoms with Crippen molar-refractivity contribution in [2.24, 2.45) is 4.99 Å². The minimum Gasteiger partial charge on any atom is -0.463 e. The third kappa shape index (κ3) is 5.24. The Morgan fingerprint density at radius 3 is 2.49 bits per heavy atom. The second kappa shape index (κ2) is 11.5. The van der Waals surface area contributed by atoms with Gasteiger partial charge in [-0.1, -0.05) is 78.1 Å². The van der Waals surface area contributed by atoms with Crippen LogP contribution in [0.3, 0.4) is 0 Å². The average molecular weight is 592 g/mol. The number of hydrogen-bond donors (Lipinski definition) is 0. The van der Waals surface area contributed by atoms with E-state index < -0.39 is 16.9 Å². The molecular formula is C33H25N3O6S. The lowest BCUT2D eigenvalue weighted by molar-refractivity contribution is -0.384. The second-order valence-corrected chi connectivity index (χ2v) is 10.8. The number of benzene rings is 3. The Morgan fingerprint density at radius 1 is 1.07 bits per heavy atom. The van der Waals surface area contributed by atoms with Crippen molar-refractivity contribution in [2.75, 3.05) is 6.61 Å². The van der Waals surface area contributed by atoms with Crippen molar-refractivity contribution in [3.05, 3.63) is 149 Å². The van der Waals surface area contributed by atoms with Crippen molar-refractivity contribution in [3.8, 4) is 11.3 Å². The van der Waals surface area contributed by atoms with Gasteiger partial charge in [0.2, 0.25) is 0 Å². The molecule has 0 amide bonds. The van der Waals surface area contributed by atoms with Gasteiger partial charge in [0.15, 0.2) is 4.80 Å². The van der Waals surface area contributed by atoms with Crippen LogP contribution in [0.5, 0.6) is 0 Å². The monoisotopic (exact) mass is 591 g/mol. The van der Waals surface area contributed by atoms with Crippen LogP contribution >= 0.6 is 11.3 Å². The Bertz CT molecular complexity index is 2070. The summed E-state index contributed by atoms with van der Waals surface area (Å²) in [5, 5.41) is 11.7. The predicted molar refractivity (Wildman–Crippen MR) is 163 cm³/mol. The van der Waals surface area contributed by atoms with Gasteiger partial charge < -0.3 is 9.15 Å². The molecule has 6 rings (SSSR count). The van der Waals surface area contributed by atoms with Crippen molar-refractivity contribution in [2.45, 2.75) is 19.9 Å². The summed E-state index contributed by atoms with van der Waals surface area (Å²) in [6, 6.07) is 26.1. The number of thiazole rings is 1. The van der Waals surface area contributed by atoms with E-state index in [1.54, 1.807) is 44.2 Å². The highest BCUT2D eigenvalue weighted by atomic mass is 32.1. The predicted octanol–water partition coefficient (Wildman–Crippen LogP) is 5.41. The van der Waals surface area contributed by atoms with Gasteiger partial charge in [0.1, 0.15) is 11.5 Å². The molecule has 1 atom stereocenters. The zero-order valence-corrected chi connectivity index (χ0v) is 24.0. The largest absolute Gasteiger partial charge is 0.463 e. The third-order valence-electron chi connectivity index (χ3n) is 7.00. The molecule has 0 saturated heterocycles. The molecule has 0 radical (unpaired) electrons. The van der Waals surface area contributed by atoms with Crippen LogP contribution in [0.4, 0.5) is 5.69 Å². The van der Waals surface area contributed by atoms with Crippen molar-refractivity contribution >= 4 is 34.8 Å². The highest BCUT2D eigenvalue weighted by Crippen LogP contribution is 2.35. The van der Waals surface area contributed by atoms with Crippen LogP contribution in [-0.2, 0) is 9.53 Å². The van der Waals surface area contributed by atoms with E-state index in [4.69, 9.17) is 14.1 Å². The van der Waals surface area contributed by atoms with E-state index in [0.29, 0.717) is 32.1 Å². The zero-order valence-electron chi connectivity index (χ0n) is 23.2. The number of hydrogen-bond acceptors (Lipinski definition) is 8. The Labute approximate surface area is 249 Å². The summed E-state index contributed by atoms with van der Waals surface area (Å²) in [5.41, 5.74) is 2.83. The first-order valence-electron chi connectivity index (χ1n) is 13.5. The minimum atomic E-state index is -0.781. The van der Waals surface area contributed by atoms with E-state index in [1.165, 1.54) is 22.0 Å². The zero-order chi connectivity index (χ0) is 30.1. The summed E-state index contributed by atoms with van der Waals surface area (Å²) >= 11 is 1.17. The maximum Gasteiger partial charge on any atom is 0.338 e. The Hall–Kier alpha value is -5.35. The smallest absolute Gasteiger partial charge is 0.338 e. The number of aromatic nitrogens is 1. The summed E-state index contributed by atoms with van der Waals surface area (Å²) < 4.78 is 13.3. The first-order chi connectivity index (χ1) is 20.9. The Morgan fingerprint density at radius 2 is 1.79 bits per heavy atom. The standard InChI is InChI=1S/C33H25N3O6S/c1-3-41-32(38)28-29(21-10-6-4-7-11-21)34-33-35(30(28)22-12-8-5-9-13-22)31(37)27(43-33)19-23-15-17-26(42-23)24-16-14-20(2)18-25(24)36(39)40/h4-19,30H,3H2,1-2H3/b27-19-/t30-/m1/s1. The van der Waals surface area contributed by atoms with Crippen molar-refractivity contribution in [1.29, 1.82) is 0 Å². The van der Waals surface area contributed by atoms with Gasteiger partial charge in [-0.15, -0.1) is 0 Å². The van der Waals surface area contributed by atoms with Gasteiger partial charge in [-0.25, -0.2) is 9.79 Å². The molecule has 9 nitrogen and oxygen atoms in total. The maximum atomic E-state index is 14.0. The van der Waals surface area contributed by atoms with Gasteiger partial charge in [-0.05, 0) is 43.2 Å². The maximum absolute atomic E-state index is 14.0. The molecule has 0 unspecified atom stereocenters. The molecule has 5 aromatic rings. The summed E-state index contributed by atoms with van der Waals surface area (Å²) in [6.07, 6.45) is 1.59. The lowest BCUT2D eigenvalue weighted by Crippen LogP contribution is -2.39. The second-order valence-electron chi connectivity index (χ2n) is 9.82. The summed E-state index contributed by atoms with van der Waals surface area (Å²) in [7, 11) is 0. The molecular weight excluding hydrogens is 566 g/mol. The summed E-state index contributed by atoms with van der Waals surface area (Å²) in [5.74, 6) is 0.103. The molecule has 3 heterocycles. The molecule has 43 heavy (non-hydrogen) atoms. The number of carbonyl (C=O) groups excluding carboxylic acids is 1. The molecule has 0 fully saturated rings. The van der Waals surface area contributed by atoms with Crippen LogP contribution < -0.4 is 14.9 Å². The van der Waals surface area contributed by atoms with Crippen molar-refractivity contribution < 1.29 is 18.9 Å². The topological polar surface area (TPSA) is 117 Å². The number of nitrogens with zero attached hydrogens (tertiary/aromatic N) is 3. The number of nitro groups is 1. The Kier molecular flexibility index (Phi) is 7.43. The van der Waals surface area contributed by atoms with Crippen LogP contribution in [-0.4, -0.2) is 22.1 Å². The molecule has 0 saturated carbocycles. The fraction of sp³-hybridized carbons (Fsp3) is 0.121. The molecule has 214 valence electrons. The van der Waals surface area contributed by atoms with E-state index in [1.807, 2.05) is 60.7 Å². The van der Waals surface area contributed by atoms with Gasteiger partial charge >= 0.3 is 5.97 Å². The number of aryl methyl sites for hydroxylation is 1. The normalized spacial score (nSPS) is 14.7. The van der Waals surface area contributed by atoms with E-state index in [9.17, 15) is 19.7 Å². The molecule has 0 N–H and O–H groups in total. The van der Waals surface area contributed by atoms with E-state index in [0.717, 1.165) is 16.7 Å². The number of carbonyl (C=O) groups is 1. The van der Waals surface area contributed by atoms with Crippen LogP contribution in [0.1, 0.15) is 35.4 Å². The minimum absolute atomic E-state index is 0.0666. The van der Waals surface area contributed by atoms with Crippen molar-refractivity contribution in [1.82, 2.24) is 4.57 Å². The number of rotatable bonds is 7. The molecule has 0 spiro atoms. The molecule has 2 aromatic heterocycles. The van der Waals surface area contributed by atoms with Crippen LogP contribution in [0, 0.1) is 17.0 Å². The number of furan rings is 1. The SMILES string of the molecule is CCOC(=O)C1=C(c2ccccc2)N=c2s/c(=C\c3ccc(-c4ccc(C)cc4[N+](=O)[O-])o3)c(=O)n2[C@@H]1c1ccccc1. The number of ether oxygens (including phenoxy) is 1. The van der Waals surface area contributed by atoms with E-state index in [2.05, 4.69) is 0 Å². The number of nitro benzene ring substituents is 1. The molecule has 0 bridgehead atoms. The van der Waals surface area contributed by atoms with Crippen LogP contribution in [0.25, 0.3) is 23.1 Å². The third-order valence-corrected chi connectivity index (χ3v) is 7.99. The van der Waals surface area contributed by atoms with Gasteiger partial charge in [-0.3, -0.25) is 19.5 Å². The number of esters is 1. The van der Waals surface area contributed by atoms with Gasteiger partial charge in [0, 0.05) is 17.7 Å². The molecule has 1 aliphatic rings. The summed E-state index contributed by atoms with van der Waals surface area (Å²) in [4.78, 5) is 44.0. The first-order valence-corrected chi connectivity index (χ1v) is 14.4. The number of fused-ring (bicyclic) bond motifs is 1. The molecule has 3 aromatic carbocycles. The van der Waals surface area contributed by atoms with Gasteiger partial charge in [0.25, 0.3) is 11.2 Å². The van der Waals surface area contributed by atoms with Gasteiger partial charge in [-0.2, -0.15) is 0 Å². The van der Waals surface area contributed by atoms with Crippen LogP contribution in [0.15, 0.2) is 111 Å². The molecule has 10 heteroatoms. The quantitative estimate of drug-likeness (QED) is 0.142. The fourth-order valence-corrected chi connectivity index (χ4v) is 6.08. The molecule has 0 aliphatic carbocycles. The highest BCUT2D eigenvalue weighted by Gasteiger charge is 2.35. The van der Waals surface area contributed by atoms with E-state index in [-0.39, 0.29) is 23.4 Å². The van der Waals surface area contributed by atoms with E-state index >= 15 is 0 Å². The molecule has 1 aliphatic heterocycles. The highest BCUT2D eigenvalue weighted by molar-refractivity contribution is 7.07. The Balaban J connectivity index is 1.54. The lowest BCUT2D eigenvalue weighted by atomic mass is 9.93. The first kappa shape index (κ1) is 27.8. The van der Waals surface area contributed by atoms with Gasteiger partial charge in [0.05, 0.1) is 38.9 Å². The van der Waals surface area contributed by atoms with Crippen molar-refractivity contribution in [3.63, 3.8) is 0 Å². The lowest BCUT2D eigenvalue weighted by Gasteiger charge is -2.25. The average Bonchev–Trinajstić information content (AvgIpc) is 3.61. The summed E-state index contributed by atoms with van der Waals surface area (Å²) in [6.45, 7) is 3.68. The fourth-order valence-electron chi connectivity index (χ4n) is 5.10.